The predicted molar refractivity (Wildman–Crippen MR) is 181 cm³/mol. The van der Waals surface area contributed by atoms with Crippen molar-refractivity contribution < 1.29 is 98.9 Å². The minimum absolute atomic E-state index is 0.0118. The number of H-pyrrole nitrogens is 2. The summed E-state index contributed by atoms with van der Waals surface area (Å²) in [6.45, 7) is -2.42. The van der Waals surface area contributed by atoms with Crippen LogP contribution < -0.4 is 28.3 Å². The van der Waals surface area contributed by atoms with E-state index in [2.05, 4.69) is 38.0 Å². The molecule has 0 radical (unpaired) electrons. The summed E-state index contributed by atoms with van der Waals surface area (Å²) in [6.07, 6.45) is -10.9. The Balaban J connectivity index is 1.16. The molecule has 0 amide bonds. The number of hydrogen-bond donors (Lipinski definition) is 12. The Bertz CT molecular complexity index is 2380. The third kappa shape index (κ3) is 10.3. The molecule has 3 aliphatic heterocycles. The van der Waals surface area contributed by atoms with Gasteiger partial charge in [-0.25, -0.2) is 23.1 Å². The fourth-order valence-corrected chi connectivity index (χ4v) is 10.3. The summed E-state index contributed by atoms with van der Waals surface area (Å²) in [4.78, 5) is 84.5. The van der Waals surface area contributed by atoms with Gasteiger partial charge in [0.05, 0.1) is 18.8 Å². The second-order valence-electron chi connectivity index (χ2n) is 11.8. The van der Waals surface area contributed by atoms with E-state index in [0.29, 0.717) is 4.57 Å². The van der Waals surface area contributed by atoms with E-state index in [9.17, 15) is 72.6 Å². The zero-order chi connectivity index (χ0) is 42.4. The Morgan fingerprint density at radius 2 is 1.40 bits per heavy atom. The number of fused-ring (bicyclic) bond motifs is 1. The monoisotopic (exact) mass is 898 g/mol. The fourth-order valence-electron chi connectivity index (χ4n) is 5.36. The maximum Gasteiger partial charge on any atom is 0.493 e. The molecule has 2 aromatic heterocycles. The molecule has 0 saturated carbocycles. The highest BCUT2D eigenvalue weighted by atomic mass is 31.3. The van der Waals surface area contributed by atoms with Crippen LogP contribution in [0.15, 0.2) is 26.7 Å². The van der Waals surface area contributed by atoms with Crippen LogP contribution in [0.2, 0.25) is 0 Å². The lowest BCUT2D eigenvalue weighted by molar-refractivity contribution is -0.551. The highest BCUT2D eigenvalue weighted by molar-refractivity contribution is 7.69. The average Bonchev–Trinajstić information content (AvgIpc) is 3.66. The van der Waals surface area contributed by atoms with Gasteiger partial charge in [0.1, 0.15) is 30.5 Å². The minimum atomic E-state index is -6.28. The Kier molecular flexibility index (Phi) is 13.2. The number of rotatable bonds is 16. The topological polar surface area (TPSA) is 453 Å². The van der Waals surface area contributed by atoms with Crippen molar-refractivity contribution in [3.63, 3.8) is 0 Å². The molecule has 5 heterocycles. The lowest BCUT2D eigenvalue weighted by atomic mass is 10.1. The Morgan fingerprint density at radius 3 is 1.98 bits per heavy atom. The van der Waals surface area contributed by atoms with Crippen LogP contribution in [-0.2, 0) is 49.7 Å². The van der Waals surface area contributed by atoms with Crippen molar-refractivity contribution in [3.8, 4) is 0 Å². The Morgan fingerprint density at radius 1 is 0.860 bits per heavy atom. The van der Waals surface area contributed by atoms with Crippen LogP contribution in [0.1, 0.15) is 11.8 Å². The molecule has 0 aliphatic carbocycles. The van der Waals surface area contributed by atoms with E-state index >= 15 is 0 Å². The Hall–Kier alpha value is -3.24. The summed E-state index contributed by atoms with van der Waals surface area (Å²) in [5.41, 5.74) is 8.06. The van der Waals surface area contributed by atoms with Gasteiger partial charge in [0.15, 0.2) is 19.4 Å². The molecule has 0 bridgehead atoms. The Labute approximate surface area is 315 Å². The first-order valence-electron chi connectivity index (χ1n) is 15.5. The molecular formula is C23H34N8O22P4+2. The van der Waals surface area contributed by atoms with E-state index in [4.69, 9.17) is 20.9 Å². The zero-order valence-electron chi connectivity index (χ0n) is 28.5. The van der Waals surface area contributed by atoms with E-state index in [1.54, 1.807) is 0 Å². The summed E-state index contributed by atoms with van der Waals surface area (Å²) in [5.74, 6) is -0.498. The van der Waals surface area contributed by atoms with E-state index in [1.807, 2.05) is 4.98 Å². The van der Waals surface area contributed by atoms with Gasteiger partial charge in [-0.1, -0.05) is 16.7 Å². The normalized spacial score (nSPS) is 30.3. The van der Waals surface area contributed by atoms with Crippen LogP contribution in [0, 0.1) is 0 Å². The van der Waals surface area contributed by atoms with Gasteiger partial charge in [0, 0.05) is 12.7 Å². The number of nitrogens with two attached hydrogens (primary N) is 2. The summed E-state index contributed by atoms with van der Waals surface area (Å²) in [7, 11) is -22.9. The molecule has 2 fully saturated rings. The molecule has 5 rings (SSSR count). The van der Waals surface area contributed by atoms with Crippen molar-refractivity contribution in [2.24, 2.45) is 5.73 Å². The largest absolute Gasteiger partial charge is 0.493 e. The number of nitrogens with one attached hydrogen (secondary N) is 2. The summed E-state index contributed by atoms with van der Waals surface area (Å²) in [5, 5.41) is 41.9. The highest BCUT2D eigenvalue weighted by Gasteiger charge is 2.55. The summed E-state index contributed by atoms with van der Waals surface area (Å²) in [6, 6.07) is 2.60. The van der Waals surface area contributed by atoms with Gasteiger partial charge in [-0.2, -0.15) is 12.9 Å². The first-order chi connectivity index (χ1) is 26.3. The van der Waals surface area contributed by atoms with Crippen LogP contribution in [0.5, 0.6) is 0 Å². The van der Waals surface area contributed by atoms with Gasteiger partial charge < -0.3 is 60.9 Å². The smallest absolute Gasteiger partial charge is 0.387 e. The molecule has 57 heavy (non-hydrogen) atoms. The number of aromatic nitrogens is 4. The second-order valence-corrected chi connectivity index (χ2v) is 18.1. The van der Waals surface area contributed by atoms with Crippen LogP contribution >= 0.6 is 31.3 Å². The van der Waals surface area contributed by atoms with Crippen LogP contribution in [0.3, 0.4) is 0 Å². The molecule has 7 unspecified atom stereocenters. The molecule has 34 heteroatoms. The lowest BCUT2D eigenvalue weighted by Crippen LogP contribution is -2.38. The van der Waals surface area contributed by atoms with Gasteiger partial charge >= 0.3 is 66.3 Å². The number of aliphatic hydroxyl groups excluding tert-OH is 4. The highest BCUT2D eigenvalue weighted by Crippen LogP contribution is 2.71. The maximum absolute atomic E-state index is 12.5. The van der Waals surface area contributed by atoms with E-state index in [-0.39, 0.29) is 29.6 Å². The van der Waals surface area contributed by atoms with Crippen LogP contribution in [0.25, 0.3) is 6.08 Å². The van der Waals surface area contributed by atoms with Crippen molar-refractivity contribution in [1.82, 2.24) is 19.5 Å². The second kappa shape index (κ2) is 16.8. The molecular weight excluding hydrogens is 864 g/mol. The number of phosphoric acid groups is 4. The van der Waals surface area contributed by atoms with Gasteiger partial charge in [-0.15, -0.1) is 4.98 Å². The number of aliphatic hydroxyl groups is 4. The van der Waals surface area contributed by atoms with Crippen molar-refractivity contribution in [2.75, 3.05) is 32.5 Å². The standard InChI is InChI=1S/C23H32N8O22P4/c1-29-8-31(17-12(29)19(37)27-22(25)26-17)21-16(35)14(33)11(50-21)7-48-55(41,42)52-57(45,46)53-56(43,44)51-54(39,40)47-6-10-13(32)15(34)20(49-10)30-5-9(3-2-4-24)18(36)28-23(30)38/h2-3,5,10-11,13-16,20-21,32-35H,4,6-7,24H2,1H3,(H6-2,25,26,27,28,36,37,38,39,40,41,42,43,44,45,46)/p+2/b3-2+/t10-,11-,13+,14?,15?,16?,20-,21-/m1/s1. The van der Waals surface area contributed by atoms with Crippen molar-refractivity contribution in [3.05, 3.63) is 49.0 Å². The molecule has 2 aromatic rings. The molecule has 3 aliphatic rings. The van der Waals surface area contributed by atoms with Crippen LogP contribution in [0.4, 0.5) is 17.5 Å². The van der Waals surface area contributed by atoms with Gasteiger partial charge in [0.25, 0.3) is 5.56 Å². The third-order valence-electron chi connectivity index (χ3n) is 7.77. The number of aromatic amines is 2. The lowest BCUT2D eigenvalue weighted by Gasteiger charge is -2.21. The number of hydrogen-bond acceptors (Lipinski definition) is 21. The number of nitrogens with zero attached hydrogens (tertiary/aromatic N) is 4. The fraction of sp³-hybridized carbons (Fsp3) is 0.522. The van der Waals surface area contributed by atoms with Gasteiger partial charge in [-0.3, -0.25) is 33.2 Å². The zero-order valence-corrected chi connectivity index (χ0v) is 32.1. The molecule has 2 saturated heterocycles. The third-order valence-corrected chi connectivity index (χ3v) is 13.7. The molecule has 0 spiro atoms. The molecule has 14 N–H and O–H groups in total. The minimum Gasteiger partial charge on any atom is -0.387 e. The molecule has 12 atom stereocenters. The van der Waals surface area contributed by atoms with Crippen molar-refractivity contribution in [2.45, 2.75) is 49.1 Å². The maximum atomic E-state index is 12.5. The number of phosphoric ester groups is 2. The number of ether oxygens (including phenoxy) is 2. The predicted octanol–water partition coefficient (Wildman–Crippen LogP) is -4.47. The quantitative estimate of drug-likeness (QED) is 0.0558. The van der Waals surface area contributed by atoms with Gasteiger partial charge in [-0.05, 0) is 4.58 Å². The van der Waals surface area contributed by atoms with E-state index in [1.165, 1.54) is 19.2 Å². The first kappa shape index (κ1) is 44.9. The number of nitrogen functional groups attached to an aromatic ring is 1. The average molecular weight is 898 g/mol. The molecule has 0 aromatic carbocycles. The first-order valence-corrected chi connectivity index (χ1v) is 21.5. The number of anilines is 1. The molecule has 316 valence electrons. The van der Waals surface area contributed by atoms with Crippen LogP contribution in [-0.4, -0.2) is 144 Å². The summed E-state index contributed by atoms with van der Waals surface area (Å²) < 4.78 is 83.7. The van der Waals surface area contributed by atoms with Crippen molar-refractivity contribution in [1.29, 1.82) is 0 Å². The SMILES string of the molecule is C[N+]1=C=[N+]([C@@H]2O[C@H](COP(=O)(O)OP(=O)(O)OP(=O)(O)OP(=O)(O)OC[C@H]3O[C@@H](n4cc(/C=C/CN)c(=O)[nH]c4=O)C(O)[C@H]3O)C(O)C2O)c2nc(N)[nH]c(=O)c21. The van der Waals surface area contributed by atoms with Crippen molar-refractivity contribution >= 4 is 60.8 Å². The van der Waals surface area contributed by atoms with E-state index in [0.717, 1.165) is 15.3 Å². The van der Waals surface area contributed by atoms with E-state index < -0.39 is 110 Å². The van der Waals surface area contributed by atoms with Gasteiger partial charge in [0.2, 0.25) is 5.95 Å². The summed E-state index contributed by atoms with van der Waals surface area (Å²) >= 11 is 0. The molecule has 30 nitrogen and oxygen atoms in total.